The molecule has 0 saturated heterocycles. The van der Waals surface area contributed by atoms with Crippen LogP contribution in [0.4, 0.5) is 0 Å². The van der Waals surface area contributed by atoms with Gasteiger partial charge in [0.2, 0.25) is 0 Å². The smallest absolute Gasteiger partial charge is 0.290 e. The molecule has 0 amide bonds. The minimum absolute atomic E-state index is 0.250. The van der Waals surface area contributed by atoms with Crippen LogP contribution in [0, 0.1) is 0 Å². The topological polar surface area (TPSA) is 159 Å². The fourth-order valence-corrected chi connectivity index (χ4v) is 1.21. The molecule has 0 atom stereocenters. The maximum absolute atomic E-state index is 8.97. The monoisotopic (exact) mass is 226 g/mol. The lowest BCUT2D eigenvalue weighted by atomic mass is 9.85. The zero-order chi connectivity index (χ0) is 12.2. The van der Waals surface area contributed by atoms with Gasteiger partial charge in [0.25, 0.3) is 6.47 Å². The molecule has 0 aromatic heterocycles. The van der Waals surface area contributed by atoms with Crippen LogP contribution < -0.4 is 0 Å². The van der Waals surface area contributed by atoms with Crippen LogP contribution in [0.5, 0.6) is 0 Å². The minimum atomic E-state index is -1.64. The van der Waals surface area contributed by atoms with Gasteiger partial charge in [-0.3, -0.25) is 4.79 Å². The summed E-state index contributed by atoms with van der Waals surface area (Å²) in [5, 5.41) is 60.7. The van der Waals surface area contributed by atoms with E-state index in [1.165, 1.54) is 0 Å². The zero-order valence-electron chi connectivity index (χ0n) is 7.58. The Labute approximate surface area is 84.7 Å². The maximum Gasteiger partial charge on any atom is 0.290 e. The number of aliphatic hydroxyl groups excluding tert-OH is 6. The second kappa shape index (κ2) is 5.95. The first-order valence-corrected chi connectivity index (χ1v) is 4.04. The maximum atomic E-state index is 8.97. The third kappa shape index (κ3) is 3.09. The predicted molar refractivity (Wildman–Crippen MR) is 44.7 cm³/mol. The van der Waals surface area contributed by atoms with E-state index in [9.17, 15) is 0 Å². The van der Waals surface area contributed by atoms with E-state index >= 15 is 0 Å². The highest BCUT2D eigenvalue weighted by Crippen LogP contribution is 2.20. The van der Waals surface area contributed by atoms with Crippen molar-refractivity contribution >= 4 is 6.47 Å². The molecule has 1 aliphatic rings. The lowest BCUT2D eigenvalue weighted by Crippen LogP contribution is -2.63. The van der Waals surface area contributed by atoms with Gasteiger partial charge in [0.15, 0.2) is 0 Å². The van der Waals surface area contributed by atoms with E-state index in [1.807, 2.05) is 0 Å². The highest BCUT2D eigenvalue weighted by molar-refractivity contribution is 5.32. The van der Waals surface area contributed by atoms with Crippen LogP contribution in [0.15, 0.2) is 0 Å². The van der Waals surface area contributed by atoms with Gasteiger partial charge in [-0.1, -0.05) is 0 Å². The Bertz CT molecular complexity index is 139. The molecule has 8 nitrogen and oxygen atoms in total. The van der Waals surface area contributed by atoms with E-state index in [-0.39, 0.29) is 6.47 Å². The lowest BCUT2D eigenvalue weighted by Gasteiger charge is -2.39. The average molecular weight is 226 g/mol. The average Bonchev–Trinajstić information content (AvgIpc) is 2.22. The van der Waals surface area contributed by atoms with Crippen LogP contribution in [-0.2, 0) is 4.79 Å². The Morgan fingerprint density at radius 1 is 0.600 bits per heavy atom. The largest absolute Gasteiger partial charge is 0.483 e. The third-order valence-electron chi connectivity index (χ3n) is 2.10. The van der Waals surface area contributed by atoms with Crippen molar-refractivity contribution in [3.63, 3.8) is 0 Å². The Kier molecular flexibility index (Phi) is 5.65. The molecule has 1 saturated carbocycles. The highest BCUT2D eigenvalue weighted by atomic mass is 16.4. The molecule has 8 heteroatoms. The number of carboxylic acid groups (broad SMARTS) is 1. The summed E-state index contributed by atoms with van der Waals surface area (Å²) in [6.45, 7) is -0.250. The fraction of sp³-hybridized carbons (Fsp3) is 0.857. The molecule has 0 radical (unpaired) electrons. The number of rotatable bonds is 0. The first kappa shape index (κ1) is 14.2. The lowest BCUT2D eigenvalue weighted by molar-refractivity contribution is -0.223. The molecule has 0 unspecified atom stereocenters. The van der Waals surface area contributed by atoms with Crippen LogP contribution in [0.25, 0.3) is 0 Å². The molecule has 0 spiro atoms. The molecule has 90 valence electrons. The molecule has 1 aliphatic carbocycles. The number of hydrogen-bond acceptors (Lipinski definition) is 7. The van der Waals surface area contributed by atoms with Crippen molar-refractivity contribution in [3.05, 3.63) is 0 Å². The van der Waals surface area contributed by atoms with Crippen molar-refractivity contribution in [2.24, 2.45) is 0 Å². The van der Waals surface area contributed by atoms with Gasteiger partial charge in [-0.2, -0.15) is 0 Å². The quantitative estimate of drug-likeness (QED) is 0.205. The Morgan fingerprint density at radius 2 is 0.667 bits per heavy atom. The first-order valence-electron chi connectivity index (χ1n) is 4.04. The van der Waals surface area contributed by atoms with Gasteiger partial charge >= 0.3 is 0 Å². The zero-order valence-corrected chi connectivity index (χ0v) is 7.58. The number of aliphatic hydroxyl groups is 6. The summed E-state index contributed by atoms with van der Waals surface area (Å²) < 4.78 is 0. The van der Waals surface area contributed by atoms with Crippen LogP contribution >= 0.6 is 0 Å². The summed E-state index contributed by atoms with van der Waals surface area (Å²) in [5.41, 5.74) is 0. The van der Waals surface area contributed by atoms with E-state index < -0.39 is 36.6 Å². The molecule has 7 N–H and O–H groups in total. The molecular formula is C7H14O8. The summed E-state index contributed by atoms with van der Waals surface area (Å²) in [4.78, 5) is 8.36. The van der Waals surface area contributed by atoms with Gasteiger partial charge in [0.1, 0.15) is 36.6 Å². The van der Waals surface area contributed by atoms with E-state index in [2.05, 4.69) is 0 Å². The molecule has 0 aromatic carbocycles. The summed E-state index contributed by atoms with van der Waals surface area (Å²) in [6.07, 6.45) is -9.84. The molecule has 0 aliphatic heterocycles. The molecular weight excluding hydrogens is 212 g/mol. The SMILES string of the molecule is O=CO.OC1C(O)C(O)C(O)C(O)C1O. The normalized spacial score (nSPS) is 45.2. The molecule has 1 rings (SSSR count). The van der Waals surface area contributed by atoms with Crippen molar-refractivity contribution in [2.75, 3.05) is 0 Å². The van der Waals surface area contributed by atoms with Gasteiger partial charge in [0, 0.05) is 0 Å². The summed E-state index contributed by atoms with van der Waals surface area (Å²) >= 11 is 0. The van der Waals surface area contributed by atoms with Gasteiger partial charge in [-0.05, 0) is 0 Å². The van der Waals surface area contributed by atoms with Crippen molar-refractivity contribution in [2.45, 2.75) is 36.6 Å². The Morgan fingerprint density at radius 3 is 0.733 bits per heavy atom. The predicted octanol–water partition coefficient (Wildman–Crippen LogP) is -4.13. The van der Waals surface area contributed by atoms with Gasteiger partial charge < -0.3 is 35.7 Å². The van der Waals surface area contributed by atoms with Crippen molar-refractivity contribution in [1.29, 1.82) is 0 Å². The second-order valence-corrected chi connectivity index (χ2v) is 3.05. The minimum Gasteiger partial charge on any atom is -0.483 e. The summed E-state index contributed by atoms with van der Waals surface area (Å²) in [6, 6.07) is 0. The van der Waals surface area contributed by atoms with E-state index in [4.69, 9.17) is 40.5 Å². The molecule has 0 heterocycles. The van der Waals surface area contributed by atoms with Crippen LogP contribution in [-0.4, -0.2) is 78.8 Å². The van der Waals surface area contributed by atoms with Crippen molar-refractivity contribution in [3.8, 4) is 0 Å². The van der Waals surface area contributed by atoms with E-state index in [0.717, 1.165) is 0 Å². The van der Waals surface area contributed by atoms with Crippen molar-refractivity contribution < 1.29 is 40.5 Å². The van der Waals surface area contributed by atoms with E-state index in [1.54, 1.807) is 0 Å². The third-order valence-corrected chi connectivity index (χ3v) is 2.10. The molecule has 0 aromatic rings. The van der Waals surface area contributed by atoms with Crippen LogP contribution in [0.1, 0.15) is 0 Å². The van der Waals surface area contributed by atoms with Crippen LogP contribution in [0.3, 0.4) is 0 Å². The second-order valence-electron chi connectivity index (χ2n) is 3.05. The number of carbonyl (C=O) groups is 1. The first-order chi connectivity index (χ1) is 6.88. The van der Waals surface area contributed by atoms with Crippen LogP contribution in [0.2, 0.25) is 0 Å². The standard InChI is InChI=1S/C6H12O6.CH2O2/c7-1-2(8)4(10)6(12)5(11)3(1)9;2-1-3/h1-12H;1H,(H,2,3). The van der Waals surface area contributed by atoms with Gasteiger partial charge in [-0.15, -0.1) is 0 Å². The van der Waals surface area contributed by atoms with Crippen molar-refractivity contribution in [1.82, 2.24) is 0 Å². The fourth-order valence-electron chi connectivity index (χ4n) is 1.21. The summed E-state index contributed by atoms with van der Waals surface area (Å²) in [5.74, 6) is 0. The van der Waals surface area contributed by atoms with E-state index in [0.29, 0.717) is 0 Å². The molecule has 15 heavy (non-hydrogen) atoms. The highest BCUT2D eigenvalue weighted by Gasteiger charge is 2.47. The van der Waals surface area contributed by atoms with Gasteiger partial charge in [0.05, 0.1) is 0 Å². The Balaban J connectivity index is 0.000000583. The number of hydrogen-bond donors (Lipinski definition) is 7. The molecule has 0 bridgehead atoms. The van der Waals surface area contributed by atoms with Gasteiger partial charge in [-0.25, -0.2) is 0 Å². The Hall–Kier alpha value is -0.770. The molecule has 1 fully saturated rings. The summed E-state index contributed by atoms with van der Waals surface area (Å²) in [7, 11) is 0.